The van der Waals surface area contributed by atoms with Gasteiger partial charge in [-0.15, -0.1) is 15.0 Å². The van der Waals surface area contributed by atoms with Crippen molar-refractivity contribution in [2.24, 2.45) is 0 Å². The lowest BCUT2D eigenvalue weighted by Gasteiger charge is -2.18. The number of aromatic hydroxyl groups is 1. The van der Waals surface area contributed by atoms with Gasteiger partial charge in [-0.25, -0.2) is 0 Å². The minimum Gasteiger partial charge on any atom is -0.505 e. The number of likely N-dealkylation sites (N-methyl/N-ethyl adjacent to an activating group) is 1. The third-order valence-electron chi connectivity index (χ3n) is 5.41. The number of benzene rings is 2. The molecule has 3 amide bonds. The van der Waals surface area contributed by atoms with E-state index in [1.165, 1.54) is 11.8 Å². The number of carbonyl (C=O) groups is 3. The molecular formula is C23H28N6O5. The van der Waals surface area contributed by atoms with Gasteiger partial charge in [0.15, 0.2) is 0 Å². The molecule has 0 atom stereocenters. The largest absolute Gasteiger partial charge is 0.505 e. The van der Waals surface area contributed by atoms with Crippen LogP contribution in [0, 0.1) is 0 Å². The molecule has 180 valence electrons. The molecule has 0 fully saturated rings. The van der Waals surface area contributed by atoms with Crippen LogP contribution in [0.2, 0.25) is 0 Å². The number of hydrogen-bond acceptors (Lipinski definition) is 7. The SMILES string of the molecule is CCN(CC)C(=O)c1ccc2nn(-c3cccc(CNC(=O)C(=O)N(C)CCO)c3O)nc2c1. The first-order valence-electron chi connectivity index (χ1n) is 10.9. The number of hydrogen-bond donors (Lipinski definition) is 3. The maximum atomic E-state index is 12.6. The second-order valence-corrected chi connectivity index (χ2v) is 7.59. The maximum absolute atomic E-state index is 12.6. The van der Waals surface area contributed by atoms with Gasteiger partial charge < -0.3 is 25.3 Å². The summed E-state index contributed by atoms with van der Waals surface area (Å²) in [4.78, 5) is 40.7. The van der Waals surface area contributed by atoms with Crippen molar-refractivity contribution >= 4 is 28.8 Å². The first kappa shape index (κ1) is 24.6. The van der Waals surface area contributed by atoms with Crippen LogP contribution in [0.3, 0.4) is 0 Å². The van der Waals surface area contributed by atoms with Crippen LogP contribution in [-0.2, 0) is 16.1 Å². The number of phenolic OH excluding ortho intramolecular Hbond substituents is 1. The molecule has 0 saturated carbocycles. The molecule has 0 aliphatic rings. The Kier molecular flexibility index (Phi) is 7.79. The molecule has 1 aromatic heterocycles. The fraction of sp³-hybridized carbons (Fsp3) is 0.348. The van der Waals surface area contributed by atoms with Crippen LogP contribution in [0.5, 0.6) is 5.75 Å². The molecule has 0 unspecified atom stereocenters. The molecule has 3 N–H and O–H groups in total. The van der Waals surface area contributed by atoms with Crippen molar-refractivity contribution in [3.8, 4) is 11.4 Å². The van der Waals surface area contributed by atoms with Gasteiger partial charge in [-0.1, -0.05) is 12.1 Å². The molecule has 0 saturated heterocycles. The van der Waals surface area contributed by atoms with Crippen molar-refractivity contribution in [1.29, 1.82) is 0 Å². The number of carbonyl (C=O) groups excluding carboxylic acids is 3. The Bertz CT molecular complexity index is 1200. The summed E-state index contributed by atoms with van der Waals surface area (Å²) < 4.78 is 0. The maximum Gasteiger partial charge on any atom is 0.311 e. The number of phenols is 1. The van der Waals surface area contributed by atoms with Gasteiger partial charge in [0, 0.05) is 44.4 Å². The lowest BCUT2D eigenvalue weighted by atomic mass is 10.1. The Labute approximate surface area is 196 Å². The molecule has 11 nitrogen and oxygen atoms in total. The summed E-state index contributed by atoms with van der Waals surface area (Å²) in [5, 5.41) is 30.9. The molecule has 0 spiro atoms. The summed E-state index contributed by atoms with van der Waals surface area (Å²) in [7, 11) is 1.41. The average molecular weight is 469 g/mol. The molecule has 0 bridgehead atoms. The van der Waals surface area contributed by atoms with Crippen LogP contribution < -0.4 is 5.32 Å². The Morgan fingerprint density at radius 1 is 1.06 bits per heavy atom. The Hall–Kier alpha value is -3.99. The summed E-state index contributed by atoms with van der Waals surface area (Å²) in [5.74, 6) is -1.89. The minimum absolute atomic E-state index is 0.0355. The van der Waals surface area contributed by atoms with Crippen LogP contribution in [0.1, 0.15) is 29.8 Å². The van der Waals surface area contributed by atoms with Crippen molar-refractivity contribution in [2.75, 3.05) is 33.3 Å². The van der Waals surface area contributed by atoms with Gasteiger partial charge in [-0.2, -0.15) is 0 Å². The number of aliphatic hydroxyl groups is 1. The second kappa shape index (κ2) is 10.8. The van der Waals surface area contributed by atoms with E-state index in [-0.39, 0.29) is 37.0 Å². The number of para-hydroxylation sites is 1. The third-order valence-corrected chi connectivity index (χ3v) is 5.41. The van der Waals surface area contributed by atoms with E-state index in [4.69, 9.17) is 5.11 Å². The molecule has 11 heteroatoms. The Morgan fingerprint density at radius 2 is 1.76 bits per heavy atom. The van der Waals surface area contributed by atoms with E-state index >= 15 is 0 Å². The monoisotopic (exact) mass is 468 g/mol. The Balaban J connectivity index is 1.82. The van der Waals surface area contributed by atoms with E-state index < -0.39 is 11.8 Å². The predicted molar refractivity (Wildman–Crippen MR) is 124 cm³/mol. The van der Waals surface area contributed by atoms with Crippen LogP contribution in [0.15, 0.2) is 36.4 Å². The van der Waals surface area contributed by atoms with Crippen molar-refractivity contribution in [3.63, 3.8) is 0 Å². The van der Waals surface area contributed by atoms with Gasteiger partial charge in [0.2, 0.25) is 0 Å². The molecule has 0 aliphatic carbocycles. The van der Waals surface area contributed by atoms with Gasteiger partial charge >= 0.3 is 11.8 Å². The molecule has 1 heterocycles. The van der Waals surface area contributed by atoms with Crippen molar-refractivity contribution in [3.05, 3.63) is 47.5 Å². The zero-order valence-electron chi connectivity index (χ0n) is 19.4. The highest BCUT2D eigenvalue weighted by Gasteiger charge is 2.20. The average Bonchev–Trinajstić information content (AvgIpc) is 3.26. The fourth-order valence-electron chi connectivity index (χ4n) is 3.41. The van der Waals surface area contributed by atoms with Crippen LogP contribution in [0.25, 0.3) is 16.7 Å². The summed E-state index contributed by atoms with van der Waals surface area (Å²) in [6.45, 7) is 4.71. The number of aromatic nitrogens is 3. The van der Waals surface area contributed by atoms with E-state index in [2.05, 4.69) is 15.5 Å². The minimum atomic E-state index is -0.853. The van der Waals surface area contributed by atoms with Gasteiger partial charge in [-0.05, 0) is 38.1 Å². The van der Waals surface area contributed by atoms with E-state index in [1.807, 2.05) is 13.8 Å². The molecule has 3 aromatic rings. The molecular weight excluding hydrogens is 440 g/mol. The van der Waals surface area contributed by atoms with Crippen molar-refractivity contribution in [2.45, 2.75) is 20.4 Å². The highest BCUT2D eigenvalue weighted by Crippen LogP contribution is 2.26. The third kappa shape index (κ3) is 5.15. The van der Waals surface area contributed by atoms with Crippen LogP contribution in [-0.4, -0.2) is 86.0 Å². The molecule has 0 aliphatic heterocycles. The number of rotatable bonds is 8. The number of nitrogens with zero attached hydrogens (tertiary/aromatic N) is 5. The van der Waals surface area contributed by atoms with E-state index in [0.717, 1.165) is 4.90 Å². The second-order valence-electron chi connectivity index (χ2n) is 7.59. The van der Waals surface area contributed by atoms with Gasteiger partial charge in [0.25, 0.3) is 5.91 Å². The van der Waals surface area contributed by atoms with E-state index in [9.17, 15) is 19.5 Å². The predicted octanol–water partition coefficient (Wildman–Crippen LogP) is 0.675. The Morgan fingerprint density at radius 3 is 2.44 bits per heavy atom. The zero-order chi connectivity index (χ0) is 24.8. The molecule has 0 radical (unpaired) electrons. The standard InChI is InChI=1S/C23H28N6O5/c1-4-28(5-2)22(33)15-9-10-17-18(13-15)26-29(25-17)19-8-6-7-16(20(19)31)14-24-21(32)23(34)27(3)11-12-30/h6-10,13,30-31H,4-5,11-12,14H2,1-3H3,(H,24,32). The number of aliphatic hydroxyl groups excluding tert-OH is 1. The first-order valence-corrected chi connectivity index (χ1v) is 10.9. The summed E-state index contributed by atoms with van der Waals surface area (Å²) in [5.41, 5.74) is 2.19. The van der Waals surface area contributed by atoms with Crippen LogP contribution >= 0.6 is 0 Å². The molecule has 3 rings (SSSR count). The number of nitrogens with one attached hydrogen (secondary N) is 1. The summed E-state index contributed by atoms with van der Waals surface area (Å²) >= 11 is 0. The highest BCUT2D eigenvalue weighted by atomic mass is 16.3. The van der Waals surface area contributed by atoms with Crippen molar-refractivity contribution in [1.82, 2.24) is 30.1 Å². The van der Waals surface area contributed by atoms with Crippen molar-refractivity contribution < 1.29 is 24.6 Å². The smallest absolute Gasteiger partial charge is 0.311 e. The van der Waals surface area contributed by atoms with Crippen LogP contribution in [0.4, 0.5) is 0 Å². The normalized spacial score (nSPS) is 10.8. The lowest BCUT2D eigenvalue weighted by molar-refractivity contribution is -0.145. The molecule has 34 heavy (non-hydrogen) atoms. The first-order chi connectivity index (χ1) is 16.3. The zero-order valence-corrected chi connectivity index (χ0v) is 19.4. The van der Waals surface area contributed by atoms with E-state index in [0.29, 0.717) is 35.2 Å². The fourth-order valence-corrected chi connectivity index (χ4v) is 3.41. The summed E-state index contributed by atoms with van der Waals surface area (Å²) in [6, 6.07) is 9.94. The molecule has 2 aromatic carbocycles. The lowest BCUT2D eigenvalue weighted by Crippen LogP contribution is -2.41. The number of fused-ring (bicyclic) bond motifs is 1. The summed E-state index contributed by atoms with van der Waals surface area (Å²) in [6.07, 6.45) is 0. The quantitative estimate of drug-likeness (QED) is 0.413. The number of amides is 3. The topological polar surface area (TPSA) is 141 Å². The van der Waals surface area contributed by atoms with E-state index in [1.54, 1.807) is 41.3 Å². The van der Waals surface area contributed by atoms with Gasteiger partial charge in [0.05, 0.1) is 6.61 Å². The van der Waals surface area contributed by atoms with Gasteiger partial charge in [0.1, 0.15) is 22.5 Å². The highest BCUT2D eigenvalue weighted by molar-refractivity contribution is 6.34. The van der Waals surface area contributed by atoms with Gasteiger partial charge in [-0.3, -0.25) is 14.4 Å².